The number of hydrogen-bond donors (Lipinski definition) is 1. The highest BCUT2D eigenvalue weighted by Gasteiger charge is 2.22. The monoisotopic (exact) mass is 448 g/mol. The standard InChI is InChI=1S/C22H28N2O6S/c1-5-19(30-18-9-7-17(8-10-18)24(3)31(4,26)27)22(25)23-15(2)16-6-11-20-21(14-16)29-13-12-28-20/h6-11,14-15,19H,5,12-13H2,1-4H3,(H,23,25)/t15-,19+/m0/s1. The van der Waals surface area contributed by atoms with E-state index in [9.17, 15) is 13.2 Å². The lowest BCUT2D eigenvalue weighted by Gasteiger charge is -2.23. The highest BCUT2D eigenvalue weighted by atomic mass is 32.2. The molecule has 0 unspecified atom stereocenters. The summed E-state index contributed by atoms with van der Waals surface area (Å²) in [5, 5.41) is 2.98. The summed E-state index contributed by atoms with van der Waals surface area (Å²) in [6.45, 7) is 4.79. The molecule has 0 aromatic heterocycles. The third kappa shape index (κ3) is 5.61. The molecule has 168 valence electrons. The van der Waals surface area contributed by atoms with Crippen LogP contribution < -0.4 is 23.8 Å². The van der Waals surface area contributed by atoms with Crippen LogP contribution in [0.4, 0.5) is 5.69 Å². The van der Waals surface area contributed by atoms with E-state index in [1.807, 2.05) is 32.0 Å². The van der Waals surface area contributed by atoms with Crippen molar-refractivity contribution >= 4 is 21.6 Å². The number of rotatable bonds is 8. The van der Waals surface area contributed by atoms with Gasteiger partial charge < -0.3 is 19.5 Å². The number of nitrogens with zero attached hydrogens (tertiary/aromatic N) is 1. The Morgan fingerprint density at radius 1 is 1.13 bits per heavy atom. The first-order valence-corrected chi connectivity index (χ1v) is 11.9. The van der Waals surface area contributed by atoms with Crippen molar-refractivity contribution < 1.29 is 27.4 Å². The number of benzene rings is 2. The topological polar surface area (TPSA) is 94.2 Å². The number of nitrogens with one attached hydrogen (secondary N) is 1. The highest BCUT2D eigenvalue weighted by Crippen LogP contribution is 2.32. The van der Waals surface area contributed by atoms with Crippen LogP contribution in [0.5, 0.6) is 17.2 Å². The molecule has 3 rings (SSSR count). The molecule has 31 heavy (non-hydrogen) atoms. The Morgan fingerprint density at radius 2 is 1.77 bits per heavy atom. The molecule has 0 saturated carbocycles. The van der Waals surface area contributed by atoms with Gasteiger partial charge in [-0.15, -0.1) is 0 Å². The fraction of sp³-hybridized carbons (Fsp3) is 0.409. The van der Waals surface area contributed by atoms with Crippen molar-refractivity contribution in [2.24, 2.45) is 0 Å². The van der Waals surface area contributed by atoms with Crippen LogP contribution in [0.3, 0.4) is 0 Å². The molecule has 1 heterocycles. The van der Waals surface area contributed by atoms with Gasteiger partial charge >= 0.3 is 0 Å². The summed E-state index contributed by atoms with van der Waals surface area (Å²) in [5.41, 5.74) is 1.42. The minimum Gasteiger partial charge on any atom is -0.486 e. The van der Waals surface area contributed by atoms with Crippen LogP contribution in [0.15, 0.2) is 42.5 Å². The van der Waals surface area contributed by atoms with Gasteiger partial charge in [0.2, 0.25) is 10.0 Å². The van der Waals surface area contributed by atoms with Crippen LogP contribution in [0.2, 0.25) is 0 Å². The van der Waals surface area contributed by atoms with Crippen molar-refractivity contribution in [1.82, 2.24) is 5.32 Å². The van der Waals surface area contributed by atoms with Crippen LogP contribution in [-0.4, -0.2) is 46.9 Å². The molecule has 1 aliphatic rings. The summed E-state index contributed by atoms with van der Waals surface area (Å²) in [4.78, 5) is 12.8. The number of carbonyl (C=O) groups excluding carboxylic acids is 1. The van der Waals surface area contributed by atoms with Gasteiger partial charge in [0.25, 0.3) is 5.91 Å². The molecule has 2 aromatic rings. The molecule has 2 aromatic carbocycles. The normalized spacial score (nSPS) is 15.0. The molecule has 0 spiro atoms. The molecule has 0 bridgehead atoms. The average Bonchev–Trinajstić information content (AvgIpc) is 2.76. The Labute approximate surface area is 183 Å². The Balaban J connectivity index is 1.63. The summed E-state index contributed by atoms with van der Waals surface area (Å²) >= 11 is 0. The SMILES string of the molecule is CC[C@@H](Oc1ccc(N(C)S(C)(=O)=O)cc1)C(=O)N[C@@H](C)c1ccc2c(c1)OCCO2. The summed E-state index contributed by atoms with van der Waals surface area (Å²) in [7, 11) is -1.87. The van der Waals surface area contributed by atoms with E-state index >= 15 is 0 Å². The molecule has 0 fully saturated rings. The summed E-state index contributed by atoms with van der Waals surface area (Å²) in [6, 6.07) is 11.9. The van der Waals surface area contributed by atoms with E-state index < -0.39 is 16.1 Å². The summed E-state index contributed by atoms with van der Waals surface area (Å²) in [5.74, 6) is 1.63. The van der Waals surface area contributed by atoms with Crippen molar-refractivity contribution in [2.45, 2.75) is 32.4 Å². The molecular formula is C22H28N2O6S. The number of sulfonamides is 1. The number of fused-ring (bicyclic) bond motifs is 1. The zero-order valence-corrected chi connectivity index (χ0v) is 18.9. The maximum absolute atomic E-state index is 12.8. The van der Waals surface area contributed by atoms with Gasteiger partial charge in [-0.05, 0) is 55.3 Å². The van der Waals surface area contributed by atoms with Gasteiger partial charge in [0.05, 0.1) is 18.0 Å². The number of amides is 1. The number of anilines is 1. The van der Waals surface area contributed by atoms with Gasteiger partial charge in [0.1, 0.15) is 19.0 Å². The van der Waals surface area contributed by atoms with Crippen LogP contribution in [0.25, 0.3) is 0 Å². The smallest absolute Gasteiger partial charge is 0.261 e. The molecule has 9 heteroatoms. The lowest BCUT2D eigenvalue weighted by atomic mass is 10.1. The minimum absolute atomic E-state index is 0.234. The quantitative estimate of drug-likeness (QED) is 0.667. The van der Waals surface area contributed by atoms with E-state index in [4.69, 9.17) is 14.2 Å². The lowest BCUT2D eigenvalue weighted by Crippen LogP contribution is -2.39. The van der Waals surface area contributed by atoms with E-state index in [-0.39, 0.29) is 11.9 Å². The van der Waals surface area contributed by atoms with Crippen LogP contribution in [0.1, 0.15) is 31.9 Å². The first kappa shape index (κ1) is 22.7. The summed E-state index contributed by atoms with van der Waals surface area (Å²) in [6.07, 6.45) is 0.931. The van der Waals surface area contributed by atoms with E-state index in [1.165, 1.54) is 11.4 Å². The van der Waals surface area contributed by atoms with E-state index in [0.717, 1.165) is 11.8 Å². The molecular weight excluding hydrogens is 420 g/mol. The Kier molecular flexibility index (Phi) is 6.94. The highest BCUT2D eigenvalue weighted by molar-refractivity contribution is 7.92. The first-order valence-electron chi connectivity index (χ1n) is 10.1. The van der Waals surface area contributed by atoms with Gasteiger partial charge in [-0.25, -0.2) is 8.42 Å². The van der Waals surface area contributed by atoms with Crippen molar-refractivity contribution in [3.8, 4) is 17.2 Å². The maximum Gasteiger partial charge on any atom is 0.261 e. The predicted octanol–water partition coefficient (Wildman–Crippen LogP) is 2.89. The third-order valence-corrected chi connectivity index (χ3v) is 6.27. The number of hydrogen-bond acceptors (Lipinski definition) is 6. The Hall–Kier alpha value is -2.94. The van der Waals surface area contributed by atoms with Crippen molar-refractivity contribution in [1.29, 1.82) is 0 Å². The zero-order valence-electron chi connectivity index (χ0n) is 18.1. The van der Waals surface area contributed by atoms with Gasteiger partial charge in [-0.2, -0.15) is 0 Å². The van der Waals surface area contributed by atoms with Gasteiger partial charge in [-0.3, -0.25) is 9.10 Å². The van der Waals surface area contributed by atoms with E-state index in [0.29, 0.717) is 42.6 Å². The fourth-order valence-electron chi connectivity index (χ4n) is 3.13. The lowest BCUT2D eigenvalue weighted by molar-refractivity contribution is -0.128. The van der Waals surface area contributed by atoms with Gasteiger partial charge in [0, 0.05) is 7.05 Å². The summed E-state index contributed by atoms with van der Waals surface area (Å²) < 4.78 is 41.5. The molecule has 1 amide bonds. The Morgan fingerprint density at radius 3 is 2.39 bits per heavy atom. The minimum atomic E-state index is -3.34. The second kappa shape index (κ2) is 9.47. The van der Waals surface area contributed by atoms with Crippen LogP contribution >= 0.6 is 0 Å². The second-order valence-electron chi connectivity index (χ2n) is 7.37. The van der Waals surface area contributed by atoms with Gasteiger partial charge in [0.15, 0.2) is 17.6 Å². The van der Waals surface area contributed by atoms with E-state index in [2.05, 4.69) is 5.32 Å². The number of ether oxygens (including phenoxy) is 3. The third-order valence-electron chi connectivity index (χ3n) is 5.06. The molecule has 0 radical (unpaired) electrons. The molecule has 0 saturated heterocycles. The van der Waals surface area contributed by atoms with Crippen LogP contribution in [0, 0.1) is 0 Å². The van der Waals surface area contributed by atoms with Gasteiger partial charge in [-0.1, -0.05) is 13.0 Å². The predicted molar refractivity (Wildman–Crippen MR) is 118 cm³/mol. The average molecular weight is 449 g/mol. The fourth-order valence-corrected chi connectivity index (χ4v) is 3.64. The molecule has 8 nitrogen and oxygen atoms in total. The number of carbonyl (C=O) groups is 1. The Bertz CT molecular complexity index is 1020. The van der Waals surface area contributed by atoms with E-state index in [1.54, 1.807) is 24.3 Å². The molecule has 0 aliphatic carbocycles. The van der Waals surface area contributed by atoms with Crippen molar-refractivity contribution in [3.05, 3.63) is 48.0 Å². The van der Waals surface area contributed by atoms with Crippen molar-refractivity contribution in [3.63, 3.8) is 0 Å². The van der Waals surface area contributed by atoms with Crippen LogP contribution in [-0.2, 0) is 14.8 Å². The van der Waals surface area contributed by atoms with Crippen molar-refractivity contribution in [2.75, 3.05) is 30.8 Å². The molecule has 2 atom stereocenters. The second-order valence-corrected chi connectivity index (χ2v) is 9.39. The largest absolute Gasteiger partial charge is 0.486 e. The molecule has 1 N–H and O–H groups in total. The maximum atomic E-state index is 12.8. The molecule has 1 aliphatic heterocycles. The first-order chi connectivity index (χ1) is 14.7. The zero-order chi connectivity index (χ0) is 22.6.